The Morgan fingerprint density at radius 1 is 1.17 bits per heavy atom. The Hall–Kier alpha value is -2.58. The normalized spacial score (nSPS) is 15.2. The molecule has 2 rings (SSSR count). The summed E-state index contributed by atoms with van der Waals surface area (Å²) in [7, 11) is 0. The lowest BCUT2D eigenvalue weighted by Gasteiger charge is -2.30. The molecule has 0 spiro atoms. The molecular weight excluding hydrogens is 386 g/mol. The Labute approximate surface area is 177 Å². The first-order valence-corrected chi connectivity index (χ1v) is 11.0. The fraction of sp³-hybridized carbons (Fsp3) is 0.714. The van der Waals surface area contributed by atoms with E-state index in [1.807, 2.05) is 20.8 Å². The number of carbonyl (C=O) groups excluding carboxylic acids is 2. The summed E-state index contributed by atoms with van der Waals surface area (Å²) in [6.45, 7) is 6.90. The number of nitrogen functional groups attached to an aromatic ring is 1. The predicted octanol–water partition coefficient (Wildman–Crippen LogP) is 1.70. The molecule has 3 N–H and O–H groups in total. The van der Waals surface area contributed by atoms with Crippen LogP contribution in [-0.4, -0.2) is 45.9 Å². The van der Waals surface area contributed by atoms with Crippen molar-refractivity contribution in [3.63, 3.8) is 0 Å². The van der Waals surface area contributed by atoms with Crippen molar-refractivity contribution in [2.24, 2.45) is 5.92 Å². The van der Waals surface area contributed by atoms with Crippen LogP contribution in [-0.2, 0) is 16.1 Å². The highest BCUT2D eigenvalue weighted by atomic mass is 16.2. The van der Waals surface area contributed by atoms with Crippen LogP contribution in [0.2, 0.25) is 0 Å². The number of amides is 2. The van der Waals surface area contributed by atoms with Crippen LogP contribution in [0.1, 0.15) is 65.7 Å². The molecule has 1 saturated heterocycles. The van der Waals surface area contributed by atoms with Gasteiger partial charge in [0.05, 0.1) is 0 Å². The number of carbonyl (C=O) groups is 2. The van der Waals surface area contributed by atoms with Crippen molar-refractivity contribution in [1.29, 1.82) is 0 Å². The zero-order chi connectivity index (χ0) is 22.3. The third kappa shape index (κ3) is 5.96. The lowest BCUT2D eigenvalue weighted by atomic mass is 10.1. The van der Waals surface area contributed by atoms with Gasteiger partial charge in [0.25, 0.3) is 5.56 Å². The maximum absolute atomic E-state index is 13.2. The van der Waals surface area contributed by atoms with Crippen LogP contribution in [0.3, 0.4) is 0 Å². The third-order valence-corrected chi connectivity index (χ3v) is 5.32. The summed E-state index contributed by atoms with van der Waals surface area (Å²) in [5, 5.41) is 0. The van der Waals surface area contributed by atoms with Crippen molar-refractivity contribution in [3.8, 4) is 0 Å². The van der Waals surface area contributed by atoms with E-state index >= 15 is 0 Å². The van der Waals surface area contributed by atoms with E-state index in [0.29, 0.717) is 19.5 Å². The molecule has 30 heavy (non-hydrogen) atoms. The number of unbranched alkanes of at least 4 members (excludes halogenated alkanes) is 1. The van der Waals surface area contributed by atoms with Crippen molar-refractivity contribution in [2.75, 3.05) is 30.3 Å². The van der Waals surface area contributed by atoms with Gasteiger partial charge in [0, 0.05) is 26.1 Å². The second-order valence-corrected chi connectivity index (χ2v) is 8.38. The number of nitrogens with one attached hydrogen (secondary N) is 1. The molecule has 0 radical (unpaired) electrons. The smallest absolute Gasteiger partial charge is 0.330 e. The Morgan fingerprint density at radius 3 is 2.53 bits per heavy atom. The van der Waals surface area contributed by atoms with E-state index in [4.69, 9.17) is 5.73 Å². The number of aromatic amines is 1. The molecule has 1 aromatic heterocycles. The van der Waals surface area contributed by atoms with Crippen LogP contribution in [0.25, 0.3) is 0 Å². The minimum absolute atomic E-state index is 0.00908. The molecule has 0 saturated carbocycles. The maximum atomic E-state index is 13.2. The lowest BCUT2D eigenvalue weighted by molar-refractivity contribution is -0.135. The second kappa shape index (κ2) is 11.0. The molecule has 1 aliphatic heterocycles. The van der Waals surface area contributed by atoms with Gasteiger partial charge in [-0.15, -0.1) is 0 Å². The Bertz CT molecular complexity index is 858. The highest BCUT2D eigenvalue weighted by Gasteiger charge is 2.28. The van der Waals surface area contributed by atoms with Gasteiger partial charge >= 0.3 is 5.69 Å². The molecule has 0 aliphatic carbocycles. The van der Waals surface area contributed by atoms with Gasteiger partial charge in [-0.1, -0.05) is 40.0 Å². The largest absolute Gasteiger partial charge is 0.383 e. The third-order valence-electron chi connectivity index (χ3n) is 5.32. The van der Waals surface area contributed by atoms with Crippen molar-refractivity contribution < 1.29 is 9.59 Å². The van der Waals surface area contributed by atoms with Gasteiger partial charge in [0.1, 0.15) is 12.4 Å². The minimum atomic E-state index is -0.682. The van der Waals surface area contributed by atoms with Crippen LogP contribution in [0.5, 0.6) is 0 Å². The van der Waals surface area contributed by atoms with E-state index in [9.17, 15) is 19.2 Å². The first-order chi connectivity index (χ1) is 14.3. The monoisotopic (exact) mass is 421 g/mol. The number of H-pyrrole nitrogens is 1. The molecule has 1 aromatic rings. The number of hydrogen-bond donors (Lipinski definition) is 2. The van der Waals surface area contributed by atoms with Crippen LogP contribution >= 0.6 is 0 Å². The first-order valence-electron chi connectivity index (χ1n) is 11.0. The highest BCUT2D eigenvalue weighted by Crippen LogP contribution is 2.20. The lowest BCUT2D eigenvalue weighted by Crippen LogP contribution is -2.48. The summed E-state index contributed by atoms with van der Waals surface area (Å²) in [6.07, 6.45) is 5.74. The van der Waals surface area contributed by atoms with Crippen molar-refractivity contribution >= 4 is 23.3 Å². The fourth-order valence-corrected chi connectivity index (χ4v) is 3.69. The van der Waals surface area contributed by atoms with Gasteiger partial charge in [-0.05, 0) is 25.2 Å². The molecule has 2 amide bonds. The molecule has 168 valence electrons. The summed E-state index contributed by atoms with van der Waals surface area (Å²) in [5.41, 5.74) is 4.94. The molecule has 0 bridgehead atoms. The number of nitrogens with two attached hydrogens (primary N) is 1. The topological polar surface area (TPSA) is 121 Å². The average molecular weight is 422 g/mol. The molecule has 9 nitrogen and oxygen atoms in total. The molecule has 0 aromatic carbocycles. The molecular formula is C21H35N5O4. The van der Waals surface area contributed by atoms with Crippen LogP contribution in [0, 0.1) is 5.92 Å². The SMILES string of the molecule is CCCCn1c(N)c(N(CC(C)C)C(=O)CN2CCCCCCC2=O)c(=O)[nH]c1=O. The summed E-state index contributed by atoms with van der Waals surface area (Å²) in [5.74, 6) is -0.352. The van der Waals surface area contributed by atoms with Crippen LogP contribution < -0.4 is 21.9 Å². The van der Waals surface area contributed by atoms with Crippen molar-refractivity contribution in [2.45, 2.75) is 72.3 Å². The number of nitrogens with zero attached hydrogens (tertiary/aromatic N) is 3. The summed E-state index contributed by atoms with van der Waals surface area (Å²) < 4.78 is 1.31. The van der Waals surface area contributed by atoms with Gasteiger partial charge in [-0.25, -0.2) is 4.79 Å². The second-order valence-electron chi connectivity index (χ2n) is 8.38. The van der Waals surface area contributed by atoms with E-state index in [-0.39, 0.29) is 42.3 Å². The minimum Gasteiger partial charge on any atom is -0.383 e. The first kappa shape index (κ1) is 23.7. The molecule has 1 aliphatic rings. The van der Waals surface area contributed by atoms with Crippen LogP contribution in [0.15, 0.2) is 9.59 Å². The zero-order valence-corrected chi connectivity index (χ0v) is 18.4. The van der Waals surface area contributed by atoms with Crippen molar-refractivity contribution in [3.05, 3.63) is 20.8 Å². The molecule has 9 heteroatoms. The Morgan fingerprint density at radius 2 is 1.87 bits per heavy atom. The zero-order valence-electron chi connectivity index (χ0n) is 18.4. The summed E-state index contributed by atoms with van der Waals surface area (Å²) >= 11 is 0. The van der Waals surface area contributed by atoms with E-state index in [1.54, 1.807) is 4.90 Å². The maximum Gasteiger partial charge on any atom is 0.330 e. The predicted molar refractivity (Wildman–Crippen MR) is 117 cm³/mol. The Balaban J connectivity index is 2.39. The average Bonchev–Trinajstić information content (AvgIpc) is 2.66. The number of anilines is 2. The number of likely N-dealkylation sites (tertiary alicyclic amines) is 1. The molecule has 1 fully saturated rings. The van der Waals surface area contributed by atoms with Gasteiger partial charge in [-0.2, -0.15) is 0 Å². The fourth-order valence-electron chi connectivity index (χ4n) is 3.69. The molecule has 2 heterocycles. The van der Waals surface area contributed by atoms with Crippen molar-refractivity contribution in [1.82, 2.24) is 14.5 Å². The Kier molecular flexibility index (Phi) is 8.68. The summed E-state index contributed by atoms with van der Waals surface area (Å²) in [4.78, 5) is 55.8. The number of hydrogen-bond acceptors (Lipinski definition) is 5. The highest BCUT2D eigenvalue weighted by molar-refractivity contribution is 5.98. The summed E-state index contributed by atoms with van der Waals surface area (Å²) in [6, 6.07) is 0. The number of aromatic nitrogens is 2. The van der Waals surface area contributed by atoms with E-state index in [2.05, 4.69) is 4.98 Å². The molecule has 0 atom stereocenters. The quantitative estimate of drug-likeness (QED) is 0.662. The van der Waals surface area contributed by atoms with Gasteiger partial charge in [0.15, 0.2) is 5.69 Å². The van der Waals surface area contributed by atoms with Crippen LogP contribution in [0.4, 0.5) is 11.5 Å². The number of rotatable bonds is 8. The standard InChI is InChI=1S/C21H35N5O4/c1-4-5-12-25-19(22)18(20(29)23-21(25)30)26(13-15(2)3)17(28)14-24-11-9-7-6-8-10-16(24)27/h15H,4-14,22H2,1-3H3,(H,23,29,30). The van der Waals surface area contributed by atoms with Gasteiger partial charge in [-0.3, -0.25) is 23.9 Å². The van der Waals surface area contributed by atoms with Gasteiger partial charge < -0.3 is 15.5 Å². The van der Waals surface area contributed by atoms with E-state index in [0.717, 1.165) is 38.5 Å². The van der Waals surface area contributed by atoms with E-state index < -0.39 is 11.2 Å². The molecule has 0 unspecified atom stereocenters. The van der Waals surface area contributed by atoms with E-state index in [1.165, 1.54) is 9.47 Å². The van der Waals surface area contributed by atoms with Gasteiger partial charge in [0.2, 0.25) is 11.8 Å².